The Labute approximate surface area is 165 Å². The number of quaternary nitrogens is 1. The number of ether oxygens (including phenoxy) is 2. The summed E-state index contributed by atoms with van der Waals surface area (Å²) in [6.07, 6.45) is 0. The molecule has 28 heavy (non-hydrogen) atoms. The molecule has 1 N–H and O–H groups in total. The molecule has 0 aromatic heterocycles. The summed E-state index contributed by atoms with van der Waals surface area (Å²) in [7, 11) is -2.26. The average Bonchev–Trinajstić information content (AvgIpc) is 2.73. The van der Waals surface area contributed by atoms with Crippen molar-refractivity contribution in [3.63, 3.8) is 0 Å². The van der Waals surface area contributed by atoms with Gasteiger partial charge in [0.05, 0.1) is 38.2 Å². The topological polar surface area (TPSA) is 77.3 Å². The van der Waals surface area contributed by atoms with Gasteiger partial charge in [-0.3, -0.25) is 0 Å². The van der Waals surface area contributed by atoms with Crippen molar-refractivity contribution in [2.24, 2.45) is 0 Å². The van der Waals surface area contributed by atoms with Gasteiger partial charge in [0.25, 0.3) is 0 Å². The molecule has 1 fully saturated rings. The van der Waals surface area contributed by atoms with Gasteiger partial charge in [-0.25, -0.2) is 13.2 Å². The highest BCUT2D eigenvalue weighted by atomic mass is 32.2. The lowest BCUT2D eigenvalue weighted by Gasteiger charge is -2.31. The molecule has 1 saturated heterocycles. The van der Waals surface area contributed by atoms with Gasteiger partial charge in [-0.2, -0.15) is 4.31 Å². The third kappa shape index (κ3) is 5.09. The predicted octanol–water partition coefficient (Wildman–Crippen LogP) is 0.328. The summed E-state index contributed by atoms with van der Waals surface area (Å²) >= 11 is 0. The van der Waals surface area contributed by atoms with Crippen molar-refractivity contribution >= 4 is 16.0 Å². The van der Waals surface area contributed by atoms with Crippen molar-refractivity contribution in [3.05, 3.63) is 60.2 Å². The van der Waals surface area contributed by atoms with Gasteiger partial charge in [-0.1, -0.05) is 30.3 Å². The van der Waals surface area contributed by atoms with E-state index in [2.05, 4.69) is 16.9 Å². The number of esters is 1. The number of hydrogen-bond donors (Lipinski definition) is 1. The minimum Gasteiger partial charge on any atom is -0.482 e. The van der Waals surface area contributed by atoms with E-state index in [4.69, 9.17) is 4.74 Å². The largest absolute Gasteiger partial charge is 0.482 e. The van der Waals surface area contributed by atoms with Gasteiger partial charge < -0.3 is 14.4 Å². The zero-order valence-corrected chi connectivity index (χ0v) is 16.7. The summed E-state index contributed by atoms with van der Waals surface area (Å²) in [5.41, 5.74) is 1.26. The molecule has 1 aliphatic heterocycles. The first-order chi connectivity index (χ1) is 13.5. The second-order valence-electron chi connectivity index (χ2n) is 6.65. The molecule has 3 rings (SSSR count). The van der Waals surface area contributed by atoms with Crippen molar-refractivity contribution in [1.82, 2.24) is 4.31 Å². The number of rotatable bonds is 7. The van der Waals surface area contributed by atoms with E-state index >= 15 is 0 Å². The third-order valence-corrected chi connectivity index (χ3v) is 6.69. The van der Waals surface area contributed by atoms with E-state index < -0.39 is 16.0 Å². The number of methoxy groups -OCH3 is 1. The molecule has 0 aliphatic carbocycles. The van der Waals surface area contributed by atoms with Gasteiger partial charge in [-0.15, -0.1) is 0 Å². The van der Waals surface area contributed by atoms with E-state index in [1.54, 1.807) is 12.1 Å². The van der Waals surface area contributed by atoms with E-state index in [0.29, 0.717) is 18.8 Å². The molecular weight excluding hydrogens is 380 g/mol. The molecule has 150 valence electrons. The SMILES string of the molecule is COC(=O)COc1ccc(S(=O)(=O)N2CC[NH+](Cc3ccccc3)CC2)cc1. The molecular formula is C20H25N2O5S+. The summed E-state index contributed by atoms with van der Waals surface area (Å²) in [6.45, 7) is 3.22. The first-order valence-electron chi connectivity index (χ1n) is 9.16. The van der Waals surface area contributed by atoms with Crippen LogP contribution >= 0.6 is 0 Å². The summed E-state index contributed by atoms with van der Waals surface area (Å²) in [6, 6.07) is 16.3. The molecule has 2 aromatic carbocycles. The Hall–Kier alpha value is -2.42. The van der Waals surface area contributed by atoms with Gasteiger partial charge in [-0.05, 0) is 24.3 Å². The molecule has 0 unspecified atom stereocenters. The standard InChI is InChI=1S/C20H24N2O5S/c1-26-20(23)16-27-18-7-9-19(10-8-18)28(24,25)22-13-11-21(12-14-22)15-17-5-3-2-4-6-17/h2-10H,11-16H2,1H3/p+1. The first kappa shape index (κ1) is 20.3. The zero-order chi connectivity index (χ0) is 20.0. The Morgan fingerprint density at radius 2 is 1.68 bits per heavy atom. The number of nitrogens with zero attached hydrogens (tertiary/aromatic N) is 1. The lowest BCUT2D eigenvalue weighted by molar-refractivity contribution is -0.917. The number of sulfonamides is 1. The van der Waals surface area contributed by atoms with Gasteiger partial charge in [0.1, 0.15) is 12.3 Å². The van der Waals surface area contributed by atoms with E-state index in [1.807, 2.05) is 18.2 Å². The van der Waals surface area contributed by atoms with Crippen molar-refractivity contribution < 1.29 is 27.6 Å². The summed E-state index contributed by atoms with van der Waals surface area (Å²) in [5.74, 6) is -0.0750. The predicted molar refractivity (Wildman–Crippen MR) is 104 cm³/mol. The fraction of sp³-hybridized carbons (Fsp3) is 0.350. The molecule has 0 amide bonds. The highest BCUT2D eigenvalue weighted by Gasteiger charge is 2.30. The summed E-state index contributed by atoms with van der Waals surface area (Å²) < 4.78 is 37.1. The normalized spacial score (nSPS) is 15.9. The van der Waals surface area contributed by atoms with Gasteiger partial charge in [0.2, 0.25) is 10.0 Å². The molecule has 0 spiro atoms. The van der Waals surface area contributed by atoms with Gasteiger partial charge >= 0.3 is 5.97 Å². The first-order valence-corrected chi connectivity index (χ1v) is 10.6. The highest BCUT2D eigenvalue weighted by Crippen LogP contribution is 2.19. The minimum absolute atomic E-state index is 0.214. The van der Waals surface area contributed by atoms with Crippen LogP contribution in [0.25, 0.3) is 0 Å². The second kappa shape index (κ2) is 9.18. The second-order valence-corrected chi connectivity index (χ2v) is 8.59. The molecule has 0 bridgehead atoms. The van der Waals surface area contributed by atoms with Gasteiger partial charge in [0.15, 0.2) is 6.61 Å². The fourth-order valence-corrected chi connectivity index (χ4v) is 4.60. The lowest BCUT2D eigenvalue weighted by atomic mass is 10.2. The molecule has 0 saturated carbocycles. The highest BCUT2D eigenvalue weighted by molar-refractivity contribution is 7.89. The summed E-state index contributed by atoms with van der Waals surface area (Å²) in [4.78, 5) is 12.7. The Morgan fingerprint density at radius 3 is 2.29 bits per heavy atom. The van der Waals surface area contributed by atoms with E-state index in [0.717, 1.165) is 19.6 Å². The molecule has 0 atom stereocenters. The number of piperazine rings is 1. The molecule has 0 radical (unpaired) electrons. The Morgan fingerprint density at radius 1 is 1.04 bits per heavy atom. The molecule has 1 heterocycles. The Bertz CT molecular complexity index is 877. The maximum atomic E-state index is 12.9. The maximum Gasteiger partial charge on any atom is 0.343 e. The van der Waals surface area contributed by atoms with E-state index in [-0.39, 0.29) is 11.5 Å². The minimum atomic E-state index is -3.54. The molecule has 1 aliphatic rings. The summed E-state index contributed by atoms with van der Waals surface area (Å²) in [5, 5.41) is 0. The van der Waals surface area contributed by atoms with Crippen molar-refractivity contribution in [2.45, 2.75) is 11.4 Å². The van der Waals surface area contributed by atoms with Crippen molar-refractivity contribution in [1.29, 1.82) is 0 Å². The quantitative estimate of drug-likeness (QED) is 0.672. The van der Waals surface area contributed by atoms with Crippen LogP contribution in [0.15, 0.2) is 59.5 Å². The van der Waals surface area contributed by atoms with Crippen LogP contribution in [0.4, 0.5) is 0 Å². The number of carbonyl (C=O) groups is 1. The van der Waals surface area contributed by atoms with Crippen molar-refractivity contribution in [3.8, 4) is 5.75 Å². The zero-order valence-electron chi connectivity index (χ0n) is 15.8. The smallest absolute Gasteiger partial charge is 0.343 e. The fourth-order valence-electron chi connectivity index (χ4n) is 3.16. The third-order valence-electron chi connectivity index (χ3n) is 4.77. The number of nitrogens with one attached hydrogen (secondary N) is 1. The number of carbonyl (C=O) groups excluding carboxylic acids is 1. The lowest BCUT2D eigenvalue weighted by Crippen LogP contribution is -3.13. The Balaban J connectivity index is 1.57. The van der Waals surface area contributed by atoms with Crippen LogP contribution in [-0.2, 0) is 26.1 Å². The van der Waals surface area contributed by atoms with E-state index in [9.17, 15) is 13.2 Å². The molecule has 7 nitrogen and oxygen atoms in total. The average molecular weight is 405 g/mol. The number of benzene rings is 2. The van der Waals surface area contributed by atoms with Crippen molar-refractivity contribution in [2.75, 3.05) is 39.9 Å². The van der Waals surface area contributed by atoms with Crippen LogP contribution in [-0.4, -0.2) is 58.6 Å². The van der Waals surface area contributed by atoms with Crippen LogP contribution in [0.3, 0.4) is 0 Å². The maximum absolute atomic E-state index is 12.9. The Kier molecular flexibility index (Phi) is 6.66. The monoisotopic (exact) mass is 405 g/mol. The van der Waals surface area contributed by atoms with E-state index in [1.165, 1.54) is 34.0 Å². The van der Waals surface area contributed by atoms with Crippen LogP contribution in [0.5, 0.6) is 5.75 Å². The van der Waals surface area contributed by atoms with Crippen LogP contribution in [0.1, 0.15) is 5.56 Å². The molecule has 2 aromatic rings. The molecule has 8 heteroatoms. The number of hydrogen-bond acceptors (Lipinski definition) is 5. The van der Waals surface area contributed by atoms with Crippen LogP contribution < -0.4 is 9.64 Å². The van der Waals surface area contributed by atoms with Crippen LogP contribution in [0, 0.1) is 0 Å². The van der Waals surface area contributed by atoms with Crippen LogP contribution in [0.2, 0.25) is 0 Å². The van der Waals surface area contributed by atoms with Gasteiger partial charge in [0, 0.05) is 5.56 Å².